The molecule has 0 saturated carbocycles. The molecule has 3 N–H and O–H groups in total. The minimum Gasteiger partial charge on any atom is -0.505 e. The predicted molar refractivity (Wildman–Crippen MR) is 124 cm³/mol. The maximum Gasteiger partial charge on any atom is 0.344 e. The highest BCUT2D eigenvalue weighted by atomic mass is 79.9. The van der Waals surface area contributed by atoms with Crippen molar-refractivity contribution in [2.24, 2.45) is 0 Å². The molecule has 0 aliphatic carbocycles. The Labute approximate surface area is 195 Å². The van der Waals surface area contributed by atoms with Crippen molar-refractivity contribution in [2.45, 2.75) is 5.16 Å². The molecular weight excluding hydrogens is 643 g/mol. The number of aromatic hydroxyl groups is 1. The lowest BCUT2D eigenvalue weighted by Crippen LogP contribution is -2.30. The van der Waals surface area contributed by atoms with Gasteiger partial charge in [-0.3, -0.25) is 4.57 Å². The Hall–Kier alpha value is -0.470. The fourth-order valence-corrected chi connectivity index (χ4v) is 7.72. The number of halogens is 4. The van der Waals surface area contributed by atoms with E-state index < -0.39 is 12.8 Å². The van der Waals surface area contributed by atoms with E-state index in [1.807, 2.05) is 0 Å². The third-order valence-corrected chi connectivity index (χ3v) is 10.2. The van der Waals surface area contributed by atoms with Crippen LogP contribution in [-0.2, 0) is 9.72 Å². The maximum atomic E-state index is 13.2. The van der Waals surface area contributed by atoms with Gasteiger partial charge in [0.2, 0.25) is 0 Å². The van der Waals surface area contributed by atoms with Crippen LogP contribution in [0.25, 0.3) is 0 Å². The Bertz CT molecular complexity index is 1000. The number of phenols is 1. The fraction of sp³-hybridized carbons (Fsp3) is 0.0526. The first kappa shape index (κ1) is 22.2. The van der Waals surface area contributed by atoms with Crippen molar-refractivity contribution in [2.75, 3.05) is 0 Å². The predicted octanol–water partition coefficient (Wildman–Crippen LogP) is 6.91. The molecule has 0 heterocycles. The molecule has 0 aliphatic rings. The molecule has 0 amide bonds. The highest BCUT2D eigenvalue weighted by molar-refractivity contribution is 9.14. The molecule has 3 rings (SSSR count). The van der Waals surface area contributed by atoms with Crippen molar-refractivity contribution in [3.05, 3.63) is 95.2 Å². The Balaban J connectivity index is 2.63. The van der Waals surface area contributed by atoms with E-state index in [9.17, 15) is 19.5 Å². The molecule has 3 aromatic rings. The van der Waals surface area contributed by atoms with Gasteiger partial charge in [-0.2, -0.15) is 0 Å². The average molecular weight is 656 g/mol. The van der Waals surface area contributed by atoms with Gasteiger partial charge in [0.15, 0.2) is 0 Å². The van der Waals surface area contributed by atoms with Crippen LogP contribution in [0.4, 0.5) is 0 Å². The van der Waals surface area contributed by atoms with Crippen LogP contribution in [0.2, 0.25) is 0 Å². The second kappa shape index (κ2) is 8.34. The van der Waals surface area contributed by atoms with Gasteiger partial charge in [0.1, 0.15) is 10.9 Å². The fourth-order valence-electron chi connectivity index (χ4n) is 3.23. The van der Waals surface area contributed by atoms with Crippen LogP contribution in [0.15, 0.2) is 78.6 Å². The molecule has 0 aliphatic heterocycles. The summed E-state index contributed by atoms with van der Waals surface area (Å²) in [5.41, 5.74) is 1.12. The molecule has 0 radical (unpaired) electrons. The lowest BCUT2D eigenvalue weighted by molar-refractivity contribution is 0.349. The van der Waals surface area contributed by atoms with E-state index in [1.54, 1.807) is 60.7 Å². The first-order valence-electron chi connectivity index (χ1n) is 7.86. The summed E-state index contributed by atoms with van der Waals surface area (Å²) in [5.74, 6) is -0.0942. The molecule has 9 heteroatoms. The van der Waals surface area contributed by atoms with E-state index >= 15 is 0 Å². The van der Waals surface area contributed by atoms with Gasteiger partial charge in [0.25, 0.3) is 0 Å². The number of rotatable bonds is 4. The summed E-state index contributed by atoms with van der Waals surface area (Å²) in [5, 5.41) is 8.53. The van der Waals surface area contributed by atoms with Crippen molar-refractivity contribution in [3.8, 4) is 5.75 Å². The van der Waals surface area contributed by atoms with Gasteiger partial charge in [-0.15, -0.1) is 0 Å². The normalized spacial score (nSPS) is 12.2. The number of hydrogen-bond donors (Lipinski definition) is 3. The van der Waals surface area contributed by atoms with Gasteiger partial charge in [0, 0.05) is 14.5 Å². The van der Waals surface area contributed by atoms with E-state index in [2.05, 4.69) is 63.7 Å². The smallest absolute Gasteiger partial charge is 0.344 e. The Kier molecular flexibility index (Phi) is 6.62. The molecule has 146 valence electrons. The molecule has 3 aromatic carbocycles. The topological polar surface area (TPSA) is 77.8 Å². The molecule has 0 fully saturated rings. The molecule has 28 heavy (non-hydrogen) atoms. The average Bonchev–Trinajstić information content (AvgIpc) is 2.68. The Morgan fingerprint density at radius 2 is 1.04 bits per heavy atom. The van der Waals surface area contributed by atoms with Gasteiger partial charge < -0.3 is 14.9 Å². The summed E-state index contributed by atoms with van der Waals surface area (Å²) in [6.45, 7) is 0. The van der Waals surface area contributed by atoms with Crippen LogP contribution in [0.3, 0.4) is 0 Å². The van der Waals surface area contributed by atoms with E-state index in [4.69, 9.17) is 0 Å². The molecule has 4 nitrogen and oxygen atoms in total. The lowest BCUT2D eigenvalue weighted by Gasteiger charge is -2.38. The number of phenolic OH excluding ortho intramolecular Hbond substituents is 1. The van der Waals surface area contributed by atoms with E-state index in [0.717, 1.165) is 0 Å². The zero-order chi connectivity index (χ0) is 20.7. The molecule has 0 spiro atoms. The van der Waals surface area contributed by atoms with Crippen molar-refractivity contribution in [1.29, 1.82) is 0 Å². The zero-order valence-corrected chi connectivity index (χ0v) is 21.2. The molecule has 0 saturated heterocycles. The first-order chi connectivity index (χ1) is 13.1. The van der Waals surface area contributed by atoms with Gasteiger partial charge in [-0.1, -0.05) is 60.7 Å². The number of hydrogen-bond acceptors (Lipinski definition) is 2. The summed E-state index contributed by atoms with van der Waals surface area (Å²) in [6, 6.07) is 17.2. The van der Waals surface area contributed by atoms with Crippen LogP contribution in [0, 0.1) is 0 Å². The molecular formula is C19H13Br4O4P. The SMILES string of the molecule is O=P(O)(O)C(c1ccccc1)(c1ccccc1)c1c(Br)c(Br)c(O)c(Br)c1Br. The summed E-state index contributed by atoms with van der Waals surface area (Å²) >= 11 is 13.5. The van der Waals surface area contributed by atoms with Crippen LogP contribution >= 0.6 is 71.3 Å². The standard InChI is InChI=1S/C19H13Br4O4P/c20-14-13(15(21)17(23)18(24)16(14)22)19(28(25,26)27,11-7-3-1-4-8-11)12-9-5-2-6-10-12/h1-10,24H,(H2,25,26,27). The van der Waals surface area contributed by atoms with Crippen molar-refractivity contribution in [3.63, 3.8) is 0 Å². The van der Waals surface area contributed by atoms with Crippen molar-refractivity contribution in [1.82, 2.24) is 0 Å². The Morgan fingerprint density at radius 1 is 0.679 bits per heavy atom. The van der Waals surface area contributed by atoms with E-state index in [-0.39, 0.29) is 20.3 Å². The second-order valence-corrected chi connectivity index (χ2v) is 10.9. The molecule has 0 bridgehead atoms. The van der Waals surface area contributed by atoms with Gasteiger partial charge >= 0.3 is 7.60 Å². The second-order valence-electron chi connectivity index (χ2n) is 5.97. The largest absolute Gasteiger partial charge is 0.505 e. The summed E-state index contributed by atoms with van der Waals surface area (Å²) in [6.07, 6.45) is 0. The summed E-state index contributed by atoms with van der Waals surface area (Å²) in [7, 11) is -4.86. The summed E-state index contributed by atoms with van der Waals surface area (Å²) < 4.78 is 14.4. The zero-order valence-electron chi connectivity index (χ0n) is 14.0. The minimum absolute atomic E-state index is 0.0942. The van der Waals surface area contributed by atoms with Crippen LogP contribution in [0.5, 0.6) is 5.75 Å². The maximum absolute atomic E-state index is 13.2. The number of benzene rings is 3. The quantitative estimate of drug-likeness (QED) is 0.162. The third-order valence-electron chi connectivity index (χ3n) is 4.42. The monoisotopic (exact) mass is 652 g/mol. The Morgan fingerprint density at radius 3 is 1.36 bits per heavy atom. The van der Waals surface area contributed by atoms with E-state index in [1.165, 1.54) is 0 Å². The van der Waals surface area contributed by atoms with Gasteiger partial charge in [0.05, 0.1) is 8.95 Å². The van der Waals surface area contributed by atoms with Crippen LogP contribution < -0.4 is 0 Å². The van der Waals surface area contributed by atoms with Gasteiger partial charge in [-0.25, -0.2) is 0 Å². The summed E-state index contributed by atoms with van der Waals surface area (Å²) in [4.78, 5) is 21.5. The molecule has 0 aromatic heterocycles. The molecule has 0 atom stereocenters. The van der Waals surface area contributed by atoms with E-state index in [0.29, 0.717) is 20.1 Å². The minimum atomic E-state index is -4.86. The van der Waals surface area contributed by atoms with Crippen molar-refractivity contribution >= 4 is 71.3 Å². The van der Waals surface area contributed by atoms with Crippen molar-refractivity contribution < 1.29 is 19.5 Å². The van der Waals surface area contributed by atoms with Crippen LogP contribution in [0.1, 0.15) is 16.7 Å². The molecule has 0 unspecified atom stereocenters. The highest BCUT2D eigenvalue weighted by Crippen LogP contribution is 2.68. The van der Waals surface area contributed by atoms with Crippen LogP contribution in [-0.4, -0.2) is 14.9 Å². The van der Waals surface area contributed by atoms with Gasteiger partial charge in [-0.05, 0) is 74.8 Å². The highest BCUT2D eigenvalue weighted by Gasteiger charge is 2.54. The third kappa shape index (κ3) is 3.47. The lowest BCUT2D eigenvalue weighted by atomic mass is 9.84. The first-order valence-corrected chi connectivity index (χ1v) is 12.6.